The molecule has 3 heterocycles. The fraction of sp³-hybridized carbons (Fsp3) is 0.143. The number of halogens is 4. The summed E-state index contributed by atoms with van der Waals surface area (Å²) in [7, 11) is 6.90. The van der Waals surface area contributed by atoms with E-state index in [0.29, 0.717) is 35.0 Å². The molecule has 184 valence electrons. The van der Waals surface area contributed by atoms with Crippen LogP contribution in [0.1, 0.15) is 15.9 Å². The van der Waals surface area contributed by atoms with Gasteiger partial charge in [0.1, 0.15) is 22.8 Å². The van der Waals surface area contributed by atoms with E-state index in [0.717, 1.165) is 0 Å². The third kappa shape index (κ3) is 5.15. The van der Waals surface area contributed by atoms with Gasteiger partial charge in [-0.05, 0) is 42.0 Å². The van der Waals surface area contributed by atoms with Gasteiger partial charge >= 0.3 is 6.36 Å². The summed E-state index contributed by atoms with van der Waals surface area (Å²) in [6, 6.07) is 6.40. The van der Waals surface area contributed by atoms with Crippen LogP contribution in [0, 0.1) is 5.82 Å². The zero-order chi connectivity index (χ0) is 26.3. The summed E-state index contributed by atoms with van der Waals surface area (Å²) in [5.74, 6) is -3.24. The number of ether oxygens (including phenoxy) is 2. The van der Waals surface area contributed by atoms with E-state index < -0.39 is 35.0 Å². The first-order chi connectivity index (χ1) is 16.9. The smallest absolute Gasteiger partial charge is 0.480 e. The Balaban J connectivity index is 1.66. The Kier molecular flexibility index (Phi) is 6.18. The minimum atomic E-state index is -5.08. The number of hydrogen-bond donors (Lipinski definition) is 3. The Morgan fingerprint density at radius 2 is 1.94 bits per heavy atom. The number of alkyl halides is 3. The summed E-state index contributed by atoms with van der Waals surface area (Å²) in [5.41, 5.74) is 2.94. The number of amides is 1. The number of aliphatic hydroxyl groups is 1. The van der Waals surface area contributed by atoms with Gasteiger partial charge in [-0.15, -0.1) is 18.3 Å². The number of nitrogens with one attached hydrogen (secondary N) is 1. The molecule has 2 radical (unpaired) electrons. The Morgan fingerprint density at radius 3 is 2.64 bits per heavy atom. The fourth-order valence-corrected chi connectivity index (χ4v) is 3.32. The first-order valence-electron chi connectivity index (χ1n) is 9.92. The predicted molar refractivity (Wildman–Crippen MR) is 117 cm³/mol. The molecule has 0 aliphatic carbocycles. The van der Waals surface area contributed by atoms with Crippen molar-refractivity contribution in [2.45, 2.75) is 12.0 Å². The second-order valence-electron chi connectivity index (χ2n) is 7.38. The zero-order valence-corrected chi connectivity index (χ0v) is 18.2. The van der Waals surface area contributed by atoms with Crippen molar-refractivity contribution in [3.63, 3.8) is 0 Å². The number of nitrogens with zero attached hydrogens (tertiary/aromatic N) is 4. The standard InChI is InChI=1S/C21H15BF4N6O4/c1-35-18-13(6-11(9-28-18)10-4-5-32-16(7-10)29-19(27)31-32)17(33)30-20(22,34)14-8-12(2-3-15(14)23)36-21(24,25)26/h2-9,34H,1H3,(H2,27,31)(H,30,33). The van der Waals surface area contributed by atoms with E-state index in [9.17, 15) is 27.5 Å². The third-order valence-corrected chi connectivity index (χ3v) is 4.86. The van der Waals surface area contributed by atoms with Crippen molar-refractivity contribution in [1.82, 2.24) is 24.9 Å². The molecule has 10 nitrogen and oxygen atoms in total. The van der Waals surface area contributed by atoms with Crippen LogP contribution in [-0.4, -0.2) is 51.9 Å². The van der Waals surface area contributed by atoms with Gasteiger partial charge in [-0.2, -0.15) is 4.98 Å². The Labute approximate surface area is 201 Å². The molecule has 4 rings (SSSR count). The molecule has 1 unspecified atom stereocenters. The molecular weight excluding hydrogens is 487 g/mol. The minimum absolute atomic E-state index is 0.0549. The molecule has 0 fully saturated rings. The van der Waals surface area contributed by atoms with Crippen LogP contribution in [0.5, 0.6) is 11.6 Å². The molecule has 0 saturated carbocycles. The number of hydrogen-bond acceptors (Lipinski definition) is 8. The van der Waals surface area contributed by atoms with Crippen molar-refractivity contribution in [3.8, 4) is 22.8 Å². The average molecular weight is 502 g/mol. The summed E-state index contributed by atoms with van der Waals surface area (Å²) < 4.78 is 62.2. The molecule has 0 aliphatic heterocycles. The highest BCUT2D eigenvalue weighted by Gasteiger charge is 2.34. The summed E-state index contributed by atoms with van der Waals surface area (Å²) in [6.07, 6.45) is -2.10. The van der Waals surface area contributed by atoms with E-state index in [4.69, 9.17) is 18.3 Å². The maximum atomic E-state index is 14.3. The molecule has 36 heavy (non-hydrogen) atoms. The van der Waals surface area contributed by atoms with Crippen molar-refractivity contribution in [3.05, 3.63) is 65.7 Å². The summed E-state index contributed by atoms with van der Waals surface area (Å²) >= 11 is 0. The molecule has 0 aliphatic rings. The Hall–Kier alpha value is -4.40. The van der Waals surface area contributed by atoms with Crippen molar-refractivity contribution in [2.75, 3.05) is 12.8 Å². The largest absolute Gasteiger partial charge is 0.573 e. The van der Waals surface area contributed by atoms with Crippen LogP contribution in [-0.2, 0) is 5.62 Å². The quantitative estimate of drug-likeness (QED) is 0.207. The van der Waals surface area contributed by atoms with Crippen LogP contribution in [0.3, 0.4) is 0 Å². The monoisotopic (exact) mass is 502 g/mol. The van der Waals surface area contributed by atoms with Gasteiger partial charge in [-0.25, -0.2) is 13.9 Å². The molecule has 4 aromatic rings. The van der Waals surface area contributed by atoms with Crippen molar-refractivity contribution in [2.24, 2.45) is 0 Å². The van der Waals surface area contributed by atoms with Crippen LogP contribution in [0.15, 0.2) is 48.8 Å². The number of nitrogen functional groups attached to an aromatic ring is 1. The number of carbonyl (C=O) groups is 1. The number of fused-ring (bicyclic) bond motifs is 1. The fourth-order valence-electron chi connectivity index (χ4n) is 3.32. The lowest BCUT2D eigenvalue weighted by Gasteiger charge is -2.27. The Morgan fingerprint density at radius 1 is 1.19 bits per heavy atom. The highest BCUT2D eigenvalue weighted by atomic mass is 19.4. The van der Waals surface area contributed by atoms with Crippen molar-refractivity contribution in [1.29, 1.82) is 0 Å². The SMILES string of the molecule is [B]C(O)(NC(=O)c1cc(-c2ccn3nc(N)nc3c2)cnc1OC)c1cc(OC(F)(F)F)ccc1F. The molecule has 0 saturated heterocycles. The number of methoxy groups -OCH3 is 1. The Bertz CT molecular complexity index is 1460. The van der Waals surface area contributed by atoms with E-state index in [1.54, 1.807) is 18.3 Å². The van der Waals surface area contributed by atoms with Crippen LogP contribution < -0.4 is 20.5 Å². The number of benzene rings is 1. The second kappa shape index (κ2) is 9.00. The zero-order valence-electron chi connectivity index (χ0n) is 18.2. The molecule has 1 amide bonds. The van der Waals surface area contributed by atoms with Gasteiger partial charge in [0, 0.05) is 23.5 Å². The van der Waals surface area contributed by atoms with Gasteiger partial charge in [0.15, 0.2) is 13.5 Å². The number of rotatable bonds is 6. The predicted octanol–water partition coefficient (Wildman–Crippen LogP) is 2.12. The van der Waals surface area contributed by atoms with Crippen LogP contribution in [0.25, 0.3) is 16.8 Å². The number of aromatic nitrogens is 4. The maximum absolute atomic E-state index is 14.3. The number of pyridine rings is 2. The van der Waals surface area contributed by atoms with Crippen LogP contribution >= 0.6 is 0 Å². The molecule has 15 heteroatoms. The molecule has 1 aromatic carbocycles. The first-order valence-corrected chi connectivity index (χ1v) is 9.92. The van der Waals surface area contributed by atoms with Gasteiger partial charge in [-0.3, -0.25) is 4.79 Å². The van der Waals surface area contributed by atoms with Gasteiger partial charge in [0.2, 0.25) is 11.8 Å². The minimum Gasteiger partial charge on any atom is -0.480 e. The van der Waals surface area contributed by atoms with Gasteiger partial charge in [0.25, 0.3) is 5.91 Å². The van der Waals surface area contributed by atoms with Gasteiger partial charge in [0.05, 0.1) is 7.11 Å². The first kappa shape index (κ1) is 24.7. The van der Waals surface area contributed by atoms with E-state index in [1.807, 2.05) is 5.32 Å². The summed E-state index contributed by atoms with van der Waals surface area (Å²) in [4.78, 5) is 21.1. The lowest BCUT2D eigenvalue weighted by Crippen LogP contribution is -2.47. The van der Waals surface area contributed by atoms with E-state index >= 15 is 0 Å². The molecular formula is C21H15BF4N6O4. The molecule has 0 bridgehead atoms. The van der Waals surface area contributed by atoms with Crippen molar-refractivity contribution < 1.29 is 36.9 Å². The third-order valence-electron chi connectivity index (χ3n) is 4.86. The van der Waals surface area contributed by atoms with Crippen LogP contribution in [0.4, 0.5) is 23.5 Å². The normalized spacial score (nSPS) is 13.3. The highest BCUT2D eigenvalue weighted by molar-refractivity contribution is 6.16. The lowest BCUT2D eigenvalue weighted by molar-refractivity contribution is -0.274. The van der Waals surface area contributed by atoms with Gasteiger partial charge in [-0.1, -0.05) is 0 Å². The summed E-state index contributed by atoms with van der Waals surface area (Å²) in [6.45, 7) is 0. The molecule has 0 spiro atoms. The topological polar surface area (TPSA) is 137 Å². The number of nitrogens with two attached hydrogens (primary N) is 1. The lowest BCUT2D eigenvalue weighted by atomic mass is 9.83. The van der Waals surface area contributed by atoms with Crippen molar-refractivity contribution >= 4 is 25.3 Å². The second-order valence-corrected chi connectivity index (χ2v) is 7.38. The highest BCUT2D eigenvalue weighted by Crippen LogP contribution is 2.30. The van der Waals surface area contributed by atoms with E-state index in [1.165, 1.54) is 23.9 Å². The van der Waals surface area contributed by atoms with Gasteiger partial charge < -0.3 is 25.6 Å². The average Bonchev–Trinajstić information content (AvgIpc) is 3.17. The van der Waals surface area contributed by atoms with E-state index in [-0.39, 0.29) is 17.4 Å². The number of anilines is 1. The van der Waals surface area contributed by atoms with Crippen LogP contribution in [0.2, 0.25) is 0 Å². The molecule has 3 aromatic heterocycles. The number of carbonyl (C=O) groups excluding carboxylic acids is 1. The van der Waals surface area contributed by atoms with E-state index in [2.05, 4.69) is 19.8 Å². The summed E-state index contributed by atoms with van der Waals surface area (Å²) in [5, 5.41) is 16.5. The molecule has 1 atom stereocenters. The molecule has 4 N–H and O–H groups in total. The maximum Gasteiger partial charge on any atom is 0.573 e.